The summed E-state index contributed by atoms with van der Waals surface area (Å²) in [7, 11) is 1.64. The van der Waals surface area contributed by atoms with Crippen LogP contribution >= 0.6 is 0 Å². The van der Waals surface area contributed by atoms with Gasteiger partial charge >= 0.3 is 0 Å². The van der Waals surface area contributed by atoms with Crippen LogP contribution in [-0.2, 0) is 17.8 Å². The molecule has 0 bridgehead atoms. The summed E-state index contributed by atoms with van der Waals surface area (Å²) in [6.07, 6.45) is 4.54. The van der Waals surface area contributed by atoms with Gasteiger partial charge in [0.2, 0.25) is 11.9 Å². The smallest absolute Gasteiger partial charge is 0.248 e. The van der Waals surface area contributed by atoms with E-state index in [-0.39, 0.29) is 49.0 Å². The van der Waals surface area contributed by atoms with Gasteiger partial charge in [-0.2, -0.15) is 0 Å². The van der Waals surface area contributed by atoms with Crippen molar-refractivity contribution in [2.75, 3.05) is 25.1 Å². The molecule has 0 radical (unpaired) electrons. The second kappa shape index (κ2) is 17.1. The molecule has 1 saturated carbocycles. The molecule has 0 spiro atoms. The zero-order valence-electron chi connectivity index (χ0n) is 34.4. The van der Waals surface area contributed by atoms with E-state index >= 15 is 4.39 Å². The Labute approximate surface area is 336 Å². The van der Waals surface area contributed by atoms with Gasteiger partial charge in [0, 0.05) is 66.6 Å². The van der Waals surface area contributed by atoms with Crippen LogP contribution in [0.4, 0.5) is 19.1 Å². The maximum Gasteiger partial charge on any atom is 0.248 e. The van der Waals surface area contributed by atoms with Crippen LogP contribution in [0, 0.1) is 18.3 Å². The number of hydrogen-bond donors (Lipinski definition) is 1. The van der Waals surface area contributed by atoms with Gasteiger partial charge in [0.05, 0.1) is 31.6 Å². The summed E-state index contributed by atoms with van der Waals surface area (Å²) in [5.74, 6) is -1.31. The summed E-state index contributed by atoms with van der Waals surface area (Å²) in [5.41, 5.74) is 7.13. The Morgan fingerprint density at radius 1 is 0.877 bits per heavy atom. The summed E-state index contributed by atoms with van der Waals surface area (Å²) in [6.45, 7) is 12.2. The number of rotatable bonds is 12. The molecule has 3 heterocycles. The highest BCUT2D eigenvalue weighted by Crippen LogP contribution is 2.53. The lowest BCUT2D eigenvalue weighted by Crippen LogP contribution is -2.36. The number of benzene rings is 2. The Balaban J connectivity index is 1.29. The van der Waals surface area contributed by atoms with Crippen LogP contribution in [0.5, 0.6) is 5.75 Å². The second-order valence-electron chi connectivity index (χ2n) is 18.0. The largest absolute Gasteiger partial charge is 0.497 e. The van der Waals surface area contributed by atoms with E-state index in [9.17, 15) is 13.9 Å². The van der Waals surface area contributed by atoms with Crippen molar-refractivity contribution >= 4 is 5.95 Å². The number of pyridine rings is 1. The number of hydrogen-bond acceptors (Lipinski definition) is 7. The molecule has 2 fully saturated rings. The number of alkyl halides is 3. The van der Waals surface area contributed by atoms with Gasteiger partial charge < -0.3 is 19.5 Å². The molecule has 0 amide bonds. The van der Waals surface area contributed by atoms with E-state index in [4.69, 9.17) is 14.5 Å². The summed E-state index contributed by atoms with van der Waals surface area (Å²) < 4.78 is 59.7. The van der Waals surface area contributed by atoms with Gasteiger partial charge in [0.1, 0.15) is 5.75 Å². The highest BCUT2D eigenvalue weighted by molar-refractivity contribution is 5.51. The third-order valence-corrected chi connectivity index (χ3v) is 12.4. The lowest BCUT2D eigenvalue weighted by atomic mass is 9.68. The first kappa shape index (κ1) is 41.2. The molecular formula is C47H59F3N4O3. The molecule has 1 saturated heterocycles. The average Bonchev–Trinajstić information content (AvgIpc) is 3.19. The third kappa shape index (κ3) is 9.49. The molecule has 57 heavy (non-hydrogen) atoms. The predicted octanol–water partition coefficient (Wildman–Crippen LogP) is 11.2. The molecule has 2 aromatic heterocycles. The first-order chi connectivity index (χ1) is 27.2. The minimum absolute atomic E-state index is 0.0510. The number of anilines is 1. The number of nitrogens with zero attached hydrogens (tertiary/aromatic N) is 4. The Hall–Kier alpha value is -4.02. The molecule has 1 N–H and O–H groups in total. The van der Waals surface area contributed by atoms with Gasteiger partial charge in [0.25, 0.3) is 0 Å². The van der Waals surface area contributed by atoms with Crippen molar-refractivity contribution in [3.63, 3.8) is 0 Å². The number of fused-ring (bicyclic) bond motifs is 1. The quantitative estimate of drug-likeness (QED) is 0.153. The number of aromatic nitrogens is 3. The van der Waals surface area contributed by atoms with E-state index in [1.807, 2.05) is 55.5 Å². The highest BCUT2D eigenvalue weighted by Gasteiger charge is 2.44. The number of methoxy groups -OCH3 is 1. The third-order valence-electron chi connectivity index (χ3n) is 12.4. The van der Waals surface area contributed by atoms with Gasteiger partial charge in [-0.05, 0) is 97.9 Å². The fraction of sp³-hybridized carbons (Fsp3) is 0.553. The molecule has 1 aliphatic heterocycles. The number of piperidine rings is 1. The van der Waals surface area contributed by atoms with E-state index < -0.39 is 18.2 Å². The molecular weight excluding hydrogens is 726 g/mol. The molecule has 2 aromatic carbocycles. The van der Waals surface area contributed by atoms with Gasteiger partial charge in [-0.1, -0.05) is 69.7 Å². The fourth-order valence-electron chi connectivity index (χ4n) is 9.24. The van der Waals surface area contributed by atoms with E-state index in [1.54, 1.807) is 19.5 Å². The molecule has 306 valence electrons. The van der Waals surface area contributed by atoms with Crippen molar-refractivity contribution in [1.29, 1.82) is 0 Å². The van der Waals surface area contributed by atoms with Crippen LogP contribution in [0.1, 0.15) is 160 Å². The summed E-state index contributed by atoms with van der Waals surface area (Å²) in [4.78, 5) is 16.9. The Morgan fingerprint density at radius 3 is 2.14 bits per heavy atom. The second-order valence-corrected chi connectivity index (χ2v) is 18.0. The minimum Gasteiger partial charge on any atom is -0.497 e. The van der Waals surface area contributed by atoms with Crippen molar-refractivity contribution < 1.29 is 27.8 Å². The van der Waals surface area contributed by atoms with Gasteiger partial charge in [-0.15, -0.1) is 0 Å². The zero-order valence-corrected chi connectivity index (χ0v) is 34.4. The number of halogens is 3. The lowest BCUT2D eigenvalue weighted by Gasteiger charge is -2.42. The average molecular weight is 785 g/mol. The van der Waals surface area contributed by atoms with Crippen molar-refractivity contribution in [1.82, 2.24) is 15.0 Å². The molecule has 10 heteroatoms. The molecule has 3 aliphatic rings. The Morgan fingerprint density at radius 2 is 1.53 bits per heavy atom. The number of aliphatic hydroxyl groups is 1. The molecule has 7 rings (SSSR count). The monoisotopic (exact) mass is 784 g/mol. The van der Waals surface area contributed by atoms with E-state index in [0.717, 1.165) is 39.4 Å². The standard InChI is InChI=1S/C47H59F3N4O3/c1-29(2)23-38(55)35-26-51-45(52-27-35)54-21-17-34(18-22-54)44-42(43(48)33-11-7-30(3)8-12-33)40(32-15-19-47(49,50)20-16-32)41-37(53-44)24-46(4,5)25-39(41)57-28-31-9-13-36(56-6)14-10-31/h7-14,26-27,29,32,34,38-39,43,55H,15-25,28H2,1-6H3. The minimum atomic E-state index is -2.73. The lowest BCUT2D eigenvalue weighted by molar-refractivity contribution is -0.0390. The SMILES string of the molecule is COc1ccc(COC2CC(C)(C)Cc3nc(C4CCN(c5ncc(C(O)CC(C)C)cn5)CC4)c(C(F)c4ccc(C)cc4)c(C4CCC(F)(F)CC4)c32)cc1. The number of ether oxygens (including phenoxy) is 2. The molecule has 3 unspecified atom stereocenters. The Bertz CT molecular complexity index is 1950. The van der Waals surface area contributed by atoms with Crippen molar-refractivity contribution in [3.05, 3.63) is 111 Å². The summed E-state index contributed by atoms with van der Waals surface area (Å²) in [5, 5.41) is 10.6. The van der Waals surface area contributed by atoms with Crippen LogP contribution in [0.3, 0.4) is 0 Å². The first-order valence-corrected chi connectivity index (χ1v) is 20.8. The fourth-order valence-corrected chi connectivity index (χ4v) is 9.24. The Kier molecular flexibility index (Phi) is 12.3. The van der Waals surface area contributed by atoms with Crippen molar-refractivity contribution in [2.24, 2.45) is 11.3 Å². The van der Waals surface area contributed by atoms with Gasteiger partial charge in [-0.3, -0.25) is 4.98 Å². The predicted molar refractivity (Wildman–Crippen MR) is 218 cm³/mol. The summed E-state index contributed by atoms with van der Waals surface area (Å²) in [6, 6.07) is 15.4. The van der Waals surface area contributed by atoms with Crippen LogP contribution < -0.4 is 9.64 Å². The molecule has 2 aliphatic carbocycles. The van der Waals surface area contributed by atoms with Crippen molar-refractivity contribution in [3.8, 4) is 5.75 Å². The van der Waals surface area contributed by atoms with Gasteiger partial charge in [-0.25, -0.2) is 23.1 Å². The van der Waals surface area contributed by atoms with Crippen LogP contribution in [-0.4, -0.2) is 46.2 Å². The zero-order chi connectivity index (χ0) is 40.5. The maximum absolute atomic E-state index is 17.8. The van der Waals surface area contributed by atoms with Crippen LogP contribution in [0.2, 0.25) is 0 Å². The normalized spacial score (nSPS) is 21.0. The van der Waals surface area contributed by atoms with Gasteiger partial charge in [0.15, 0.2) is 6.17 Å². The van der Waals surface area contributed by atoms with E-state index in [0.29, 0.717) is 80.4 Å². The topological polar surface area (TPSA) is 80.6 Å². The molecule has 7 nitrogen and oxygen atoms in total. The highest BCUT2D eigenvalue weighted by atomic mass is 19.3. The van der Waals surface area contributed by atoms with Crippen LogP contribution in [0.25, 0.3) is 0 Å². The van der Waals surface area contributed by atoms with E-state index in [2.05, 4.69) is 42.6 Å². The number of aliphatic hydroxyl groups excluding tert-OH is 1. The van der Waals surface area contributed by atoms with Crippen LogP contribution in [0.15, 0.2) is 60.9 Å². The molecule has 4 aromatic rings. The van der Waals surface area contributed by atoms with Crippen molar-refractivity contribution in [2.45, 2.75) is 135 Å². The first-order valence-electron chi connectivity index (χ1n) is 20.8. The number of aryl methyl sites for hydroxylation is 1. The molecule has 3 atom stereocenters. The maximum atomic E-state index is 17.8. The summed E-state index contributed by atoms with van der Waals surface area (Å²) >= 11 is 0. The van der Waals surface area contributed by atoms with E-state index in [1.165, 1.54) is 0 Å².